The van der Waals surface area contributed by atoms with Crippen LogP contribution in [0.3, 0.4) is 0 Å². The second-order valence-corrected chi connectivity index (χ2v) is 6.33. The zero-order chi connectivity index (χ0) is 15.4. The molecule has 1 atom stereocenters. The minimum atomic E-state index is -0.109. The lowest BCUT2D eigenvalue weighted by atomic mass is 9.95. The number of benzene rings is 2. The highest BCUT2D eigenvalue weighted by Crippen LogP contribution is 2.27. The molecule has 2 rings (SSSR count). The van der Waals surface area contributed by atoms with E-state index in [-0.39, 0.29) is 11.9 Å². The third-order valence-corrected chi connectivity index (χ3v) is 4.07. The maximum Gasteiger partial charge on any atom is 0.129 e. The quantitative estimate of drug-likeness (QED) is 0.772. The van der Waals surface area contributed by atoms with E-state index in [9.17, 15) is 4.39 Å². The first-order chi connectivity index (χ1) is 10.0. The molecule has 0 saturated carbocycles. The van der Waals surface area contributed by atoms with Gasteiger partial charge in [0.1, 0.15) is 5.82 Å². The van der Waals surface area contributed by atoms with Crippen molar-refractivity contribution in [3.8, 4) is 0 Å². The average Bonchev–Trinajstić information content (AvgIpc) is 2.45. The molecule has 112 valence electrons. The largest absolute Gasteiger partial charge is 0.306 e. The van der Waals surface area contributed by atoms with Gasteiger partial charge in [0.05, 0.1) is 6.04 Å². The van der Waals surface area contributed by atoms with E-state index < -0.39 is 0 Å². The maximum atomic E-state index is 13.9. The molecule has 0 saturated heterocycles. The van der Waals surface area contributed by atoms with Crippen LogP contribution in [0.25, 0.3) is 0 Å². The lowest BCUT2D eigenvalue weighted by Gasteiger charge is -2.21. The van der Waals surface area contributed by atoms with E-state index >= 15 is 0 Å². The van der Waals surface area contributed by atoms with Crippen molar-refractivity contribution in [2.24, 2.45) is 0 Å². The van der Waals surface area contributed by atoms with Gasteiger partial charge in [0.25, 0.3) is 0 Å². The summed E-state index contributed by atoms with van der Waals surface area (Å²) in [4.78, 5) is 0. The predicted molar refractivity (Wildman–Crippen MR) is 90.2 cm³/mol. The number of halogens is 2. The van der Waals surface area contributed by atoms with Gasteiger partial charge < -0.3 is 5.32 Å². The Balaban J connectivity index is 2.45. The van der Waals surface area contributed by atoms with Gasteiger partial charge in [-0.15, -0.1) is 0 Å². The highest BCUT2D eigenvalue weighted by Gasteiger charge is 2.16. The van der Waals surface area contributed by atoms with Crippen molar-refractivity contribution < 1.29 is 4.39 Å². The first kappa shape index (κ1) is 16.2. The number of hydrogen-bond acceptors (Lipinski definition) is 1. The SMILES string of the molecule is CCCNC(c1cccc(Br)c1)c1cc(C)c(F)c(C)c1. The van der Waals surface area contributed by atoms with Gasteiger partial charge in [-0.2, -0.15) is 0 Å². The van der Waals surface area contributed by atoms with Crippen LogP contribution in [-0.2, 0) is 0 Å². The van der Waals surface area contributed by atoms with Crippen LogP contribution in [0.2, 0.25) is 0 Å². The first-order valence-electron chi connectivity index (χ1n) is 7.28. The summed E-state index contributed by atoms with van der Waals surface area (Å²) in [5.41, 5.74) is 3.69. The van der Waals surface area contributed by atoms with Crippen molar-refractivity contribution in [2.75, 3.05) is 6.54 Å². The fourth-order valence-electron chi connectivity index (χ4n) is 2.55. The molecule has 0 amide bonds. The van der Waals surface area contributed by atoms with Gasteiger partial charge in [0, 0.05) is 4.47 Å². The highest BCUT2D eigenvalue weighted by atomic mass is 79.9. The summed E-state index contributed by atoms with van der Waals surface area (Å²) < 4.78 is 14.9. The zero-order valence-corrected chi connectivity index (χ0v) is 14.3. The topological polar surface area (TPSA) is 12.0 Å². The summed E-state index contributed by atoms with van der Waals surface area (Å²) in [6.45, 7) is 6.71. The highest BCUT2D eigenvalue weighted by molar-refractivity contribution is 9.10. The third-order valence-electron chi connectivity index (χ3n) is 3.57. The normalized spacial score (nSPS) is 12.4. The predicted octanol–water partition coefficient (Wildman–Crippen LogP) is 5.29. The molecular weight excluding hydrogens is 329 g/mol. The van der Waals surface area contributed by atoms with Crippen molar-refractivity contribution in [2.45, 2.75) is 33.2 Å². The molecule has 1 unspecified atom stereocenters. The Labute approximate surface area is 134 Å². The van der Waals surface area contributed by atoms with E-state index in [1.807, 2.05) is 38.1 Å². The summed E-state index contributed by atoms with van der Waals surface area (Å²) in [5, 5.41) is 3.56. The second kappa shape index (κ2) is 7.19. The maximum absolute atomic E-state index is 13.9. The number of hydrogen-bond donors (Lipinski definition) is 1. The number of aryl methyl sites for hydroxylation is 2. The molecule has 0 aliphatic carbocycles. The van der Waals surface area contributed by atoms with Gasteiger partial charge in [-0.05, 0) is 61.2 Å². The standard InChI is InChI=1S/C18H21BrFN/c1-4-8-21-18(14-6-5-7-16(19)11-14)15-9-12(2)17(20)13(3)10-15/h5-7,9-11,18,21H,4,8H2,1-3H3. The van der Waals surface area contributed by atoms with Crippen molar-refractivity contribution >= 4 is 15.9 Å². The van der Waals surface area contributed by atoms with E-state index in [2.05, 4.69) is 40.3 Å². The Kier molecular flexibility index (Phi) is 5.54. The van der Waals surface area contributed by atoms with E-state index in [4.69, 9.17) is 0 Å². The Morgan fingerprint density at radius 1 is 1.10 bits per heavy atom. The third kappa shape index (κ3) is 3.92. The van der Waals surface area contributed by atoms with Gasteiger partial charge in [0.2, 0.25) is 0 Å². The molecule has 0 aliphatic rings. The molecule has 2 aromatic carbocycles. The number of rotatable bonds is 5. The molecule has 0 aliphatic heterocycles. The molecule has 0 fully saturated rings. The molecule has 0 radical (unpaired) electrons. The van der Waals surface area contributed by atoms with Crippen molar-refractivity contribution in [1.82, 2.24) is 5.32 Å². The van der Waals surface area contributed by atoms with Crippen LogP contribution < -0.4 is 5.32 Å². The second-order valence-electron chi connectivity index (χ2n) is 5.41. The van der Waals surface area contributed by atoms with E-state index in [0.717, 1.165) is 23.0 Å². The van der Waals surface area contributed by atoms with Gasteiger partial charge in [-0.3, -0.25) is 0 Å². The van der Waals surface area contributed by atoms with Gasteiger partial charge in [0.15, 0.2) is 0 Å². The van der Waals surface area contributed by atoms with Crippen LogP contribution in [0, 0.1) is 19.7 Å². The fourth-order valence-corrected chi connectivity index (χ4v) is 2.97. The van der Waals surface area contributed by atoms with Crippen molar-refractivity contribution in [1.29, 1.82) is 0 Å². The molecule has 0 spiro atoms. The Hall–Kier alpha value is -1.19. The Morgan fingerprint density at radius 2 is 1.76 bits per heavy atom. The van der Waals surface area contributed by atoms with Crippen molar-refractivity contribution in [3.63, 3.8) is 0 Å². The van der Waals surface area contributed by atoms with Gasteiger partial charge in [-0.1, -0.05) is 47.1 Å². The molecule has 1 N–H and O–H groups in total. The fraction of sp³-hybridized carbons (Fsp3) is 0.333. The molecule has 1 nitrogen and oxygen atoms in total. The van der Waals surface area contributed by atoms with E-state index in [0.29, 0.717) is 11.1 Å². The molecule has 0 aromatic heterocycles. The zero-order valence-electron chi connectivity index (χ0n) is 12.7. The van der Waals surface area contributed by atoms with E-state index in [1.54, 1.807) is 0 Å². The molecule has 0 heterocycles. The number of nitrogens with one attached hydrogen (secondary N) is 1. The van der Waals surface area contributed by atoms with Gasteiger partial charge in [-0.25, -0.2) is 4.39 Å². The van der Waals surface area contributed by atoms with Crippen LogP contribution in [0.1, 0.15) is 41.6 Å². The summed E-state index contributed by atoms with van der Waals surface area (Å²) in [6.07, 6.45) is 1.06. The molecule has 3 heteroatoms. The van der Waals surface area contributed by atoms with Crippen LogP contribution >= 0.6 is 15.9 Å². The summed E-state index contributed by atoms with van der Waals surface area (Å²) in [6, 6.07) is 12.2. The molecule has 2 aromatic rings. The minimum Gasteiger partial charge on any atom is -0.306 e. The van der Waals surface area contributed by atoms with Crippen LogP contribution in [0.4, 0.5) is 4.39 Å². The Morgan fingerprint density at radius 3 is 2.33 bits per heavy atom. The molecular formula is C18H21BrFN. The lowest BCUT2D eigenvalue weighted by Crippen LogP contribution is -2.23. The first-order valence-corrected chi connectivity index (χ1v) is 8.07. The Bertz CT molecular complexity index is 601. The van der Waals surface area contributed by atoms with Crippen LogP contribution in [0.5, 0.6) is 0 Å². The van der Waals surface area contributed by atoms with Crippen LogP contribution in [0.15, 0.2) is 40.9 Å². The van der Waals surface area contributed by atoms with E-state index in [1.165, 1.54) is 5.56 Å². The molecule has 0 bridgehead atoms. The van der Waals surface area contributed by atoms with Crippen molar-refractivity contribution in [3.05, 3.63) is 68.9 Å². The molecule has 21 heavy (non-hydrogen) atoms. The average molecular weight is 350 g/mol. The summed E-state index contributed by atoms with van der Waals surface area (Å²) >= 11 is 3.52. The van der Waals surface area contributed by atoms with Gasteiger partial charge >= 0.3 is 0 Å². The lowest BCUT2D eigenvalue weighted by molar-refractivity contribution is 0.586. The summed E-state index contributed by atoms with van der Waals surface area (Å²) in [5.74, 6) is -0.109. The summed E-state index contributed by atoms with van der Waals surface area (Å²) in [7, 11) is 0. The monoisotopic (exact) mass is 349 g/mol. The smallest absolute Gasteiger partial charge is 0.129 e. The van der Waals surface area contributed by atoms with Crippen LogP contribution in [-0.4, -0.2) is 6.54 Å². The minimum absolute atomic E-state index is 0.0837.